The third-order valence-corrected chi connectivity index (χ3v) is 6.08. The minimum absolute atomic E-state index is 0.104. The van der Waals surface area contributed by atoms with Crippen molar-refractivity contribution in [2.45, 2.75) is 32.0 Å². The second-order valence-corrected chi connectivity index (χ2v) is 7.80. The van der Waals surface area contributed by atoms with Crippen molar-refractivity contribution in [3.63, 3.8) is 0 Å². The molecule has 27 heavy (non-hydrogen) atoms. The summed E-state index contributed by atoms with van der Waals surface area (Å²) in [6, 6.07) is 5.30. The van der Waals surface area contributed by atoms with Crippen LogP contribution in [0, 0.1) is 0 Å². The molecule has 7 heteroatoms. The van der Waals surface area contributed by atoms with E-state index in [4.69, 9.17) is 0 Å². The highest BCUT2D eigenvalue weighted by atomic mass is 16.2. The van der Waals surface area contributed by atoms with Crippen LogP contribution in [0.1, 0.15) is 34.3 Å². The first kappa shape index (κ1) is 16.6. The molecule has 140 valence electrons. The van der Waals surface area contributed by atoms with Crippen LogP contribution in [0.2, 0.25) is 0 Å². The van der Waals surface area contributed by atoms with Crippen LogP contribution in [-0.2, 0) is 22.7 Å². The Morgan fingerprint density at radius 3 is 2.56 bits per heavy atom. The van der Waals surface area contributed by atoms with Crippen molar-refractivity contribution in [2.24, 2.45) is 0 Å². The standard InChI is InChI=1S/C20H22N4O3/c25-18-5-4-17(19(26)22-18)24-11-16-12(2-1-3-15(16)20(24)27)8-23-9-13-6-21-7-14(13)10-23/h1-3,17,21H,4-11H2,(H,22,25,26). The number of imide groups is 1. The minimum atomic E-state index is -0.557. The van der Waals surface area contributed by atoms with Crippen LogP contribution >= 0.6 is 0 Å². The molecule has 0 bridgehead atoms. The Bertz CT molecular complexity index is 875. The number of carbonyl (C=O) groups is 3. The Labute approximate surface area is 157 Å². The lowest BCUT2D eigenvalue weighted by molar-refractivity contribution is -0.136. The molecule has 0 radical (unpaired) electrons. The zero-order valence-electron chi connectivity index (χ0n) is 15.1. The molecular weight excluding hydrogens is 344 g/mol. The Morgan fingerprint density at radius 2 is 1.81 bits per heavy atom. The van der Waals surface area contributed by atoms with Gasteiger partial charge < -0.3 is 10.2 Å². The fraction of sp³-hybridized carbons (Fsp3) is 0.450. The average molecular weight is 366 g/mol. The van der Waals surface area contributed by atoms with Crippen LogP contribution in [0.4, 0.5) is 0 Å². The quantitative estimate of drug-likeness (QED) is 0.588. The number of nitrogens with one attached hydrogen (secondary N) is 2. The lowest BCUT2D eigenvalue weighted by atomic mass is 10.0. The molecule has 1 saturated heterocycles. The molecule has 0 spiro atoms. The van der Waals surface area contributed by atoms with Gasteiger partial charge in [0.1, 0.15) is 6.04 Å². The number of rotatable bonds is 3. The summed E-state index contributed by atoms with van der Waals surface area (Å²) in [6.45, 7) is 5.19. The van der Waals surface area contributed by atoms with Crippen LogP contribution in [0.3, 0.4) is 0 Å². The highest BCUT2D eigenvalue weighted by Crippen LogP contribution is 2.31. The van der Waals surface area contributed by atoms with Crippen LogP contribution in [0.25, 0.3) is 0 Å². The molecule has 7 nitrogen and oxygen atoms in total. The number of piperidine rings is 1. The van der Waals surface area contributed by atoms with Gasteiger partial charge in [0.2, 0.25) is 11.8 Å². The summed E-state index contributed by atoms with van der Waals surface area (Å²) in [7, 11) is 0. The maximum atomic E-state index is 12.9. The van der Waals surface area contributed by atoms with Crippen LogP contribution in [0.15, 0.2) is 29.3 Å². The average Bonchev–Trinajstić information content (AvgIpc) is 3.30. The Kier molecular flexibility index (Phi) is 3.87. The van der Waals surface area contributed by atoms with E-state index in [2.05, 4.69) is 21.6 Å². The molecule has 4 aliphatic heterocycles. The first-order valence-electron chi connectivity index (χ1n) is 9.48. The monoisotopic (exact) mass is 366 g/mol. The molecule has 4 heterocycles. The third kappa shape index (κ3) is 2.78. The van der Waals surface area contributed by atoms with Crippen LogP contribution < -0.4 is 10.6 Å². The SMILES string of the molecule is O=C1CCC(N2Cc3c(CN4CC5=C(CNC5)C4)cccc3C2=O)C(=O)N1. The molecule has 0 saturated carbocycles. The zero-order chi connectivity index (χ0) is 18.5. The van der Waals surface area contributed by atoms with Crippen molar-refractivity contribution in [2.75, 3.05) is 26.2 Å². The Morgan fingerprint density at radius 1 is 1.04 bits per heavy atom. The summed E-state index contributed by atoms with van der Waals surface area (Å²) in [4.78, 5) is 40.6. The van der Waals surface area contributed by atoms with Crippen molar-refractivity contribution in [3.8, 4) is 0 Å². The molecule has 0 aromatic heterocycles. The summed E-state index contributed by atoms with van der Waals surface area (Å²) in [5.41, 5.74) is 5.88. The number of amides is 3. The molecule has 1 aromatic carbocycles. The van der Waals surface area contributed by atoms with Gasteiger partial charge in [-0.1, -0.05) is 12.1 Å². The van der Waals surface area contributed by atoms with Crippen LogP contribution in [-0.4, -0.2) is 59.7 Å². The molecule has 5 rings (SSSR count). The fourth-order valence-electron chi connectivity index (χ4n) is 4.70. The summed E-state index contributed by atoms with van der Waals surface area (Å²) < 4.78 is 0. The molecule has 1 aromatic rings. The van der Waals surface area contributed by atoms with Gasteiger partial charge in [-0.2, -0.15) is 0 Å². The van der Waals surface area contributed by atoms with Crippen molar-refractivity contribution in [3.05, 3.63) is 46.0 Å². The first-order valence-corrected chi connectivity index (χ1v) is 9.48. The lowest BCUT2D eigenvalue weighted by Gasteiger charge is -2.29. The number of carbonyl (C=O) groups excluding carboxylic acids is 3. The van der Waals surface area contributed by atoms with Gasteiger partial charge in [-0.05, 0) is 34.8 Å². The topological polar surface area (TPSA) is 81.8 Å². The molecule has 4 aliphatic rings. The van der Waals surface area contributed by atoms with Crippen molar-refractivity contribution in [1.82, 2.24) is 20.4 Å². The molecule has 1 unspecified atom stereocenters. The Hall–Kier alpha value is -2.51. The highest BCUT2D eigenvalue weighted by molar-refractivity contribution is 6.05. The van der Waals surface area contributed by atoms with E-state index in [-0.39, 0.29) is 24.1 Å². The molecular formula is C20H22N4O3. The van der Waals surface area contributed by atoms with Gasteiger partial charge in [0.15, 0.2) is 0 Å². The molecule has 2 N–H and O–H groups in total. The van der Waals surface area contributed by atoms with E-state index < -0.39 is 6.04 Å². The van der Waals surface area contributed by atoms with Gasteiger partial charge in [0, 0.05) is 51.3 Å². The van der Waals surface area contributed by atoms with E-state index in [1.165, 1.54) is 11.1 Å². The van der Waals surface area contributed by atoms with Crippen molar-refractivity contribution >= 4 is 17.7 Å². The predicted molar refractivity (Wildman–Crippen MR) is 97.7 cm³/mol. The third-order valence-electron chi connectivity index (χ3n) is 6.08. The predicted octanol–water partition coefficient (Wildman–Crippen LogP) is 0.163. The van der Waals surface area contributed by atoms with E-state index in [9.17, 15) is 14.4 Å². The zero-order valence-corrected chi connectivity index (χ0v) is 15.1. The van der Waals surface area contributed by atoms with E-state index in [1.807, 2.05) is 12.1 Å². The van der Waals surface area contributed by atoms with E-state index in [0.717, 1.165) is 43.9 Å². The van der Waals surface area contributed by atoms with Gasteiger partial charge in [-0.25, -0.2) is 0 Å². The van der Waals surface area contributed by atoms with Gasteiger partial charge in [-0.15, -0.1) is 0 Å². The van der Waals surface area contributed by atoms with Gasteiger partial charge in [0.05, 0.1) is 0 Å². The fourth-order valence-corrected chi connectivity index (χ4v) is 4.70. The number of fused-ring (bicyclic) bond motifs is 1. The van der Waals surface area contributed by atoms with E-state index >= 15 is 0 Å². The molecule has 1 atom stereocenters. The summed E-state index contributed by atoms with van der Waals surface area (Å²) in [6.07, 6.45) is 0.678. The smallest absolute Gasteiger partial charge is 0.255 e. The Balaban J connectivity index is 1.35. The first-order chi connectivity index (χ1) is 13.1. The summed E-state index contributed by atoms with van der Waals surface area (Å²) in [5, 5.41) is 5.75. The maximum absolute atomic E-state index is 12.9. The van der Waals surface area contributed by atoms with Gasteiger partial charge in [-0.3, -0.25) is 24.6 Å². The minimum Gasteiger partial charge on any atom is -0.322 e. The number of nitrogens with zero attached hydrogens (tertiary/aromatic N) is 2. The number of hydrogen-bond donors (Lipinski definition) is 2. The largest absolute Gasteiger partial charge is 0.322 e. The maximum Gasteiger partial charge on any atom is 0.255 e. The van der Waals surface area contributed by atoms with E-state index in [1.54, 1.807) is 4.90 Å². The van der Waals surface area contributed by atoms with Crippen molar-refractivity contribution < 1.29 is 14.4 Å². The lowest BCUT2D eigenvalue weighted by Crippen LogP contribution is -2.52. The number of hydrogen-bond acceptors (Lipinski definition) is 5. The molecule has 0 aliphatic carbocycles. The molecule has 1 fully saturated rings. The van der Waals surface area contributed by atoms with Gasteiger partial charge >= 0.3 is 0 Å². The summed E-state index contributed by atoms with van der Waals surface area (Å²) in [5.74, 6) is -0.723. The normalized spacial score (nSPS) is 25.3. The molecule has 3 amide bonds. The van der Waals surface area contributed by atoms with Crippen LogP contribution in [0.5, 0.6) is 0 Å². The second kappa shape index (κ2) is 6.28. The van der Waals surface area contributed by atoms with E-state index in [0.29, 0.717) is 18.5 Å². The number of benzene rings is 1. The van der Waals surface area contributed by atoms with Gasteiger partial charge in [0.25, 0.3) is 5.91 Å². The second-order valence-electron chi connectivity index (χ2n) is 7.80. The summed E-state index contributed by atoms with van der Waals surface area (Å²) >= 11 is 0. The van der Waals surface area contributed by atoms with Crippen molar-refractivity contribution in [1.29, 1.82) is 0 Å². The highest BCUT2D eigenvalue weighted by Gasteiger charge is 2.40.